The largest absolute Gasteiger partial charge is 0.472 e. The van der Waals surface area contributed by atoms with Crippen molar-refractivity contribution in [3.63, 3.8) is 0 Å². The molecular weight excluding hydrogens is 162 g/mol. The number of nitrogens with zero attached hydrogens (tertiary/aromatic N) is 1. The van der Waals surface area contributed by atoms with Crippen LogP contribution in [0.4, 0.5) is 0 Å². The molecule has 0 fully saturated rings. The molecule has 0 saturated carbocycles. The van der Waals surface area contributed by atoms with Crippen molar-refractivity contribution in [2.24, 2.45) is 5.92 Å². The second kappa shape index (κ2) is 4.71. The van der Waals surface area contributed by atoms with Crippen LogP contribution in [0, 0.1) is 17.2 Å². The number of furan rings is 1. The van der Waals surface area contributed by atoms with Gasteiger partial charge in [-0.15, -0.1) is 0 Å². The Morgan fingerprint density at radius 3 is 2.85 bits per heavy atom. The van der Waals surface area contributed by atoms with Gasteiger partial charge >= 0.3 is 0 Å². The predicted molar refractivity (Wildman–Crippen MR) is 51.1 cm³/mol. The second-order valence-electron chi connectivity index (χ2n) is 3.41. The summed E-state index contributed by atoms with van der Waals surface area (Å²) in [4.78, 5) is 0. The number of rotatable bonds is 4. The molecule has 0 spiro atoms. The zero-order valence-electron chi connectivity index (χ0n) is 8.16. The Balaban J connectivity index is 2.75. The van der Waals surface area contributed by atoms with E-state index in [1.807, 2.05) is 6.07 Å². The van der Waals surface area contributed by atoms with E-state index in [1.54, 1.807) is 12.5 Å². The summed E-state index contributed by atoms with van der Waals surface area (Å²) >= 11 is 0. The maximum atomic E-state index is 8.70. The molecule has 2 heteroatoms. The minimum atomic E-state index is 0.328. The lowest BCUT2D eigenvalue weighted by molar-refractivity contribution is 0.445. The van der Waals surface area contributed by atoms with Crippen molar-refractivity contribution in [2.45, 2.75) is 32.6 Å². The molecule has 1 rings (SSSR count). The van der Waals surface area contributed by atoms with Gasteiger partial charge in [0.2, 0.25) is 0 Å². The summed E-state index contributed by atoms with van der Waals surface area (Å²) in [5.74, 6) is 0.867. The molecule has 0 amide bonds. The van der Waals surface area contributed by atoms with Crippen LogP contribution in [0.2, 0.25) is 0 Å². The van der Waals surface area contributed by atoms with E-state index in [0.29, 0.717) is 18.3 Å². The van der Waals surface area contributed by atoms with E-state index >= 15 is 0 Å². The van der Waals surface area contributed by atoms with E-state index in [9.17, 15) is 0 Å². The van der Waals surface area contributed by atoms with Crippen molar-refractivity contribution in [3.05, 3.63) is 24.2 Å². The molecule has 0 aliphatic rings. The summed E-state index contributed by atoms with van der Waals surface area (Å²) in [5.41, 5.74) is 1.15. The highest BCUT2D eigenvalue weighted by Gasteiger charge is 2.18. The number of hydrogen-bond acceptors (Lipinski definition) is 2. The average Bonchev–Trinajstić information content (AvgIpc) is 2.65. The van der Waals surface area contributed by atoms with Crippen molar-refractivity contribution in [1.29, 1.82) is 5.26 Å². The molecule has 1 heterocycles. The Bertz CT molecular complexity index is 271. The fraction of sp³-hybridized carbons (Fsp3) is 0.545. The fourth-order valence-corrected chi connectivity index (χ4v) is 1.52. The maximum Gasteiger partial charge on any atom is 0.0937 e. The third-order valence-electron chi connectivity index (χ3n) is 2.61. The first-order valence-electron chi connectivity index (χ1n) is 4.68. The second-order valence-corrected chi connectivity index (χ2v) is 3.41. The van der Waals surface area contributed by atoms with Crippen molar-refractivity contribution in [1.82, 2.24) is 0 Å². The zero-order valence-corrected chi connectivity index (χ0v) is 8.16. The molecule has 0 aliphatic carbocycles. The molecule has 1 aromatic rings. The molecule has 13 heavy (non-hydrogen) atoms. The van der Waals surface area contributed by atoms with Gasteiger partial charge in [0, 0.05) is 12.3 Å². The van der Waals surface area contributed by atoms with Crippen LogP contribution in [0.1, 0.15) is 38.2 Å². The van der Waals surface area contributed by atoms with Crippen LogP contribution in [0.25, 0.3) is 0 Å². The van der Waals surface area contributed by atoms with E-state index in [-0.39, 0.29) is 0 Å². The minimum Gasteiger partial charge on any atom is -0.472 e. The lowest BCUT2D eigenvalue weighted by Crippen LogP contribution is -2.07. The van der Waals surface area contributed by atoms with Crippen LogP contribution < -0.4 is 0 Å². The van der Waals surface area contributed by atoms with E-state index in [2.05, 4.69) is 19.9 Å². The highest BCUT2D eigenvalue weighted by atomic mass is 16.3. The van der Waals surface area contributed by atoms with Crippen LogP contribution in [-0.4, -0.2) is 0 Å². The van der Waals surface area contributed by atoms with Crippen LogP contribution in [0.15, 0.2) is 23.0 Å². The highest BCUT2D eigenvalue weighted by Crippen LogP contribution is 2.29. The van der Waals surface area contributed by atoms with Crippen LogP contribution in [0.3, 0.4) is 0 Å². The SMILES string of the molecule is CCC(C)C(CC#N)c1ccoc1. The Morgan fingerprint density at radius 1 is 1.62 bits per heavy atom. The first-order valence-corrected chi connectivity index (χ1v) is 4.68. The molecule has 0 aromatic carbocycles. The lowest BCUT2D eigenvalue weighted by Gasteiger charge is -2.18. The van der Waals surface area contributed by atoms with Gasteiger partial charge in [-0.1, -0.05) is 20.3 Å². The highest BCUT2D eigenvalue weighted by molar-refractivity contribution is 5.15. The Hall–Kier alpha value is -1.23. The van der Waals surface area contributed by atoms with Gasteiger partial charge in [-0.3, -0.25) is 0 Å². The van der Waals surface area contributed by atoms with Crippen LogP contribution >= 0.6 is 0 Å². The van der Waals surface area contributed by atoms with Gasteiger partial charge in [0.1, 0.15) is 0 Å². The standard InChI is InChI=1S/C11H15NO/c1-3-9(2)11(4-6-12)10-5-7-13-8-10/h5,7-9,11H,3-4H2,1-2H3. The van der Waals surface area contributed by atoms with Gasteiger partial charge in [-0.25, -0.2) is 0 Å². The molecular formula is C11H15NO. The van der Waals surface area contributed by atoms with Gasteiger partial charge in [0.25, 0.3) is 0 Å². The van der Waals surface area contributed by atoms with E-state index < -0.39 is 0 Å². The topological polar surface area (TPSA) is 36.9 Å². The van der Waals surface area contributed by atoms with Gasteiger partial charge in [-0.05, 0) is 17.5 Å². The predicted octanol–water partition coefficient (Wildman–Crippen LogP) is 3.32. The maximum absolute atomic E-state index is 8.70. The quantitative estimate of drug-likeness (QED) is 0.707. The molecule has 70 valence electrons. The van der Waals surface area contributed by atoms with E-state index in [4.69, 9.17) is 9.68 Å². The third kappa shape index (κ3) is 2.35. The Labute approximate surface area is 79.2 Å². The summed E-state index contributed by atoms with van der Waals surface area (Å²) in [7, 11) is 0. The molecule has 0 bridgehead atoms. The molecule has 0 radical (unpaired) electrons. The average molecular weight is 177 g/mol. The van der Waals surface area contributed by atoms with Crippen LogP contribution in [0.5, 0.6) is 0 Å². The Morgan fingerprint density at radius 2 is 2.38 bits per heavy atom. The van der Waals surface area contributed by atoms with Crippen molar-refractivity contribution >= 4 is 0 Å². The Kier molecular flexibility index (Phi) is 3.57. The van der Waals surface area contributed by atoms with Gasteiger partial charge in [0.15, 0.2) is 0 Å². The monoisotopic (exact) mass is 177 g/mol. The molecule has 2 nitrogen and oxygen atoms in total. The lowest BCUT2D eigenvalue weighted by atomic mass is 9.85. The van der Waals surface area contributed by atoms with E-state index in [0.717, 1.165) is 12.0 Å². The molecule has 0 N–H and O–H groups in total. The minimum absolute atomic E-state index is 0.328. The zero-order chi connectivity index (χ0) is 9.68. The number of hydrogen-bond donors (Lipinski definition) is 0. The van der Waals surface area contributed by atoms with Gasteiger partial charge in [0.05, 0.1) is 18.6 Å². The van der Waals surface area contributed by atoms with Crippen molar-refractivity contribution in [3.8, 4) is 6.07 Å². The summed E-state index contributed by atoms with van der Waals surface area (Å²) in [5, 5.41) is 8.70. The van der Waals surface area contributed by atoms with E-state index in [1.165, 1.54) is 0 Å². The first kappa shape index (κ1) is 9.85. The third-order valence-corrected chi connectivity index (χ3v) is 2.61. The molecule has 2 unspecified atom stereocenters. The van der Waals surface area contributed by atoms with Gasteiger partial charge in [-0.2, -0.15) is 5.26 Å². The van der Waals surface area contributed by atoms with Crippen molar-refractivity contribution < 1.29 is 4.42 Å². The van der Waals surface area contributed by atoms with Crippen LogP contribution in [-0.2, 0) is 0 Å². The normalized spacial score (nSPS) is 14.8. The number of nitriles is 1. The molecule has 2 atom stereocenters. The van der Waals surface area contributed by atoms with Crippen molar-refractivity contribution in [2.75, 3.05) is 0 Å². The fourth-order valence-electron chi connectivity index (χ4n) is 1.52. The summed E-state index contributed by atoms with van der Waals surface area (Å²) in [6.07, 6.45) is 5.09. The molecule has 0 saturated heterocycles. The summed E-state index contributed by atoms with van der Waals surface area (Å²) in [6, 6.07) is 4.18. The molecule has 1 aromatic heterocycles. The molecule has 0 aliphatic heterocycles. The first-order chi connectivity index (χ1) is 6.29. The van der Waals surface area contributed by atoms with Gasteiger partial charge < -0.3 is 4.42 Å². The summed E-state index contributed by atoms with van der Waals surface area (Å²) in [6.45, 7) is 4.32. The smallest absolute Gasteiger partial charge is 0.0937 e. The summed E-state index contributed by atoms with van der Waals surface area (Å²) < 4.78 is 5.03.